The lowest BCUT2D eigenvalue weighted by Gasteiger charge is -2.06. The van der Waals surface area contributed by atoms with E-state index in [2.05, 4.69) is 38.1 Å². The smallest absolute Gasteiger partial charge is 0.267 e. The molecule has 108 valence electrons. The Kier molecular flexibility index (Phi) is 8.54. The number of aromatic nitrogens is 2. The van der Waals surface area contributed by atoms with Crippen LogP contribution < -0.4 is 10.9 Å². The molecule has 5 heteroatoms. The first-order chi connectivity index (χ1) is 9.25. The Bertz CT molecular complexity index is 406. The molecule has 0 saturated heterocycles. The number of unbranched alkanes of at least 4 members (excludes halogenated alkanes) is 7. The van der Waals surface area contributed by atoms with Gasteiger partial charge in [-0.3, -0.25) is 4.79 Å². The van der Waals surface area contributed by atoms with E-state index in [1.54, 1.807) is 0 Å². The van der Waals surface area contributed by atoms with E-state index >= 15 is 0 Å². The monoisotopic (exact) mass is 329 g/mol. The van der Waals surface area contributed by atoms with E-state index < -0.39 is 0 Å². The molecule has 0 aliphatic carbocycles. The van der Waals surface area contributed by atoms with E-state index in [1.165, 1.54) is 51.3 Å². The summed E-state index contributed by atoms with van der Waals surface area (Å²) in [6, 6.07) is 0. The number of hydrogen-bond donors (Lipinski definition) is 2. The van der Waals surface area contributed by atoms with Crippen molar-refractivity contribution in [3.63, 3.8) is 0 Å². The second kappa shape index (κ2) is 10.0. The van der Waals surface area contributed by atoms with Crippen LogP contribution in [0.25, 0.3) is 0 Å². The van der Waals surface area contributed by atoms with Crippen LogP contribution in [-0.4, -0.2) is 16.5 Å². The summed E-state index contributed by atoms with van der Waals surface area (Å²) in [6.45, 7) is 3.11. The quantitative estimate of drug-likeness (QED) is 0.636. The number of H-pyrrole nitrogens is 1. The maximum atomic E-state index is 11.3. The van der Waals surface area contributed by atoms with Gasteiger partial charge in [0.2, 0.25) is 0 Å². The summed E-state index contributed by atoms with van der Waals surface area (Å²) in [5.41, 5.74) is -0.145. The third-order valence-corrected chi connectivity index (χ3v) is 3.86. The molecule has 1 rings (SSSR count). The molecule has 1 aromatic rings. The lowest BCUT2D eigenvalue weighted by molar-refractivity contribution is 0.581. The molecule has 19 heavy (non-hydrogen) atoms. The van der Waals surface area contributed by atoms with Crippen molar-refractivity contribution >= 4 is 21.7 Å². The number of halogens is 1. The van der Waals surface area contributed by atoms with Crippen molar-refractivity contribution < 1.29 is 0 Å². The van der Waals surface area contributed by atoms with Crippen molar-refractivity contribution in [2.24, 2.45) is 0 Å². The van der Waals surface area contributed by atoms with Crippen molar-refractivity contribution in [2.45, 2.75) is 58.3 Å². The second-order valence-electron chi connectivity index (χ2n) is 4.80. The van der Waals surface area contributed by atoms with Crippen molar-refractivity contribution in [3.8, 4) is 0 Å². The molecule has 1 heterocycles. The predicted molar refractivity (Wildman–Crippen MR) is 83.7 cm³/mol. The Balaban J connectivity index is 2.05. The first-order valence-corrected chi connectivity index (χ1v) is 8.02. The van der Waals surface area contributed by atoms with Crippen molar-refractivity contribution in [3.05, 3.63) is 21.2 Å². The Hall–Kier alpha value is -0.840. The zero-order valence-electron chi connectivity index (χ0n) is 11.7. The van der Waals surface area contributed by atoms with Crippen LogP contribution in [0.15, 0.2) is 15.6 Å². The SMILES string of the molecule is CCCCCCCCCCNc1nc[nH]c(=O)c1Br. The molecular formula is C14H24BrN3O. The highest BCUT2D eigenvalue weighted by molar-refractivity contribution is 9.10. The highest BCUT2D eigenvalue weighted by atomic mass is 79.9. The molecule has 0 bridgehead atoms. The molecule has 1 aromatic heterocycles. The molecule has 0 atom stereocenters. The zero-order valence-corrected chi connectivity index (χ0v) is 13.3. The summed E-state index contributed by atoms with van der Waals surface area (Å²) < 4.78 is 0.481. The first kappa shape index (κ1) is 16.2. The molecule has 0 aliphatic heterocycles. The summed E-state index contributed by atoms with van der Waals surface area (Å²) in [5.74, 6) is 0.631. The number of anilines is 1. The summed E-state index contributed by atoms with van der Waals surface area (Å²) >= 11 is 3.23. The van der Waals surface area contributed by atoms with E-state index in [0.29, 0.717) is 10.3 Å². The lowest BCUT2D eigenvalue weighted by Crippen LogP contribution is -2.12. The summed E-state index contributed by atoms with van der Waals surface area (Å²) in [4.78, 5) is 17.9. The van der Waals surface area contributed by atoms with E-state index in [-0.39, 0.29) is 5.56 Å². The van der Waals surface area contributed by atoms with Crippen molar-refractivity contribution in [1.82, 2.24) is 9.97 Å². The predicted octanol–water partition coefficient (Wildman–Crippen LogP) is 4.09. The average molecular weight is 330 g/mol. The van der Waals surface area contributed by atoms with Crippen LogP contribution in [0.5, 0.6) is 0 Å². The van der Waals surface area contributed by atoms with Gasteiger partial charge in [0.25, 0.3) is 5.56 Å². The first-order valence-electron chi connectivity index (χ1n) is 7.22. The molecule has 0 aliphatic rings. The molecule has 0 fully saturated rings. The van der Waals surface area contributed by atoms with Gasteiger partial charge in [-0.1, -0.05) is 51.9 Å². The molecular weight excluding hydrogens is 306 g/mol. The molecule has 0 amide bonds. The molecule has 0 aromatic carbocycles. The van der Waals surface area contributed by atoms with Crippen LogP contribution in [0, 0.1) is 0 Å². The standard InChI is InChI=1S/C14H24BrN3O/c1-2-3-4-5-6-7-8-9-10-16-13-12(15)14(19)18-11-17-13/h11H,2-10H2,1H3,(H2,16,17,18,19). The molecule has 4 nitrogen and oxygen atoms in total. The maximum Gasteiger partial charge on any atom is 0.267 e. The summed E-state index contributed by atoms with van der Waals surface area (Å²) in [7, 11) is 0. The van der Waals surface area contributed by atoms with E-state index in [0.717, 1.165) is 13.0 Å². The average Bonchev–Trinajstić information content (AvgIpc) is 2.41. The largest absolute Gasteiger partial charge is 0.369 e. The molecule has 0 unspecified atom stereocenters. The van der Waals surface area contributed by atoms with E-state index in [4.69, 9.17) is 0 Å². The molecule has 2 N–H and O–H groups in total. The molecule has 0 spiro atoms. The molecule has 0 saturated carbocycles. The minimum absolute atomic E-state index is 0.145. The van der Waals surface area contributed by atoms with Crippen LogP contribution >= 0.6 is 15.9 Å². The van der Waals surface area contributed by atoms with Gasteiger partial charge in [0, 0.05) is 6.54 Å². The minimum Gasteiger partial charge on any atom is -0.369 e. The number of nitrogens with one attached hydrogen (secondary N) is 2. The van der Waals surface area contributed by atoms with E-state index in [9.17, 15) is 4.79 Å². The van der Waals surface area contributed by atoms with Crippen LogP contribution in [0.4, 0.5) is 5.82 Å². The highest BCUT2D eigenvalue weighted by Crippen LogP contribution is 2.13. The Morgan fingerprint density at radius 3 is 2.47 bits per heavy atom. The Morgan fingerprint density at radius 1 is 1.16 bits per heavy atom. The van der Waals surface area contributed by atoms with Gasteiger partial charge in [-0.2, -0.15) is 0 Å². The van der Waals surface area contributed by atoms with Crippen LogP contribution in [0.3, 0.4) is 0 Å². The summed E-state index contributed by atoms with van der Waals surface area (Å²) in [6.07, 6.45) is 11.8. The zero-order chi connectivity index (χ0) is 13.9. The number of rotatable bonds is 10. The van der Waals surface area contributed by atoms with Crippen molar-refractivity contribution in [1.29, 1.82) is 0 Å². The highest BCUT2D eigenvalue weighted by Gasteiger charge is 2.03. The van der Waals surface area contributed by atoms with Crippen LogP contribution in [-0.2, 0) is 0 Å². The van der Waals surface area contributed by atoms with Gasteiger partial charge >= 0.3 is 0 Å². The van der Waals surface area contributed by atoms with Gasteiger partial charge in [0.05, 0.1) is 6.33 Å². The number of nitrogens with zero attached hydrogens (tertiary/aromatic N) is 1. The van der Waals surface area contributed by atoms with Gasteiger partial charge in [0.15, 0.2) is 0 Å². The maximum absolute atomic E-state index is 11.3. The normalized spacial score (nSPS) is 10.6. The number of hydrogen-bond acceptors (Lipinski definition) is 3. The fourth-order valence-corrected chi connectivity index (χ4v) is 2.33. The van der Waals surface area contributed by atoms with Gasteiger partial charge in [0.1, 0.15) is 10.3 Å². The van der Waals surface area contributed by atoms with Gasteiger partial charge < -0.3 is 10.3 Å². The van der Waals surface area contributed by atoms with Gasteiger partial charge in [-0.15, -0.1) is 0 Å². The topological polar surface area (TPSA) is 57.8 Å². The minimum atomic E-state index is -0.145. The van der Waals surface area contributed by atoms with E-state index in [1.807, 2.05) is 0 Å². The fraction of sp³-hybridized carbons (Fsp3) is 0.714. The summed E-state index contributed by atoms with van der Waals surface area (Å²) in [5, 5.41) is 3.19. The third kappa shape index (κ3) is 6.76. The molecule has 0 radical (unpaired) electrons. The Morgan fingerprint density at radius 2 is 1.79 bits per heavy atom. The van der Waals surface area contributed by atoms with Crippen LogP contribution in [0.2, 0.25) is 0 Å². The second-order valence-corrected chi connectivity index (χ2v) is 5.59. The van der Waals surface area contributed by atoms with Crippen LogP contribution in [0.1, 0.15) is 58.3 Å². The Labute approximate surface area is 123 Å². The van der Waals surface area contributed by atoms with Crippen molar-refractivity contribution in [2.75, 3.05) is 11.9 Å². The third-order valence-electron chi connectivity index (χ3n) is 3.12. The van der Waals surface area contributed by atoms with Gasteiger partial charge in [-0.25, -0.2) is 4.98 Å². The number of aromatic amines is 1. The lowest BCUT2D eigenvalue weighted by atomic mass is 10.1. The fourth-order valence-electron chi connectivity index (χ4n) is 1.97. The van der Waals surface area contributed by atoms with Gasteiger partial charge in [-0.05, 0) is 22.4 Å².